The number of aryl methyl sites for hydroxylation is 1. The molecule has 2 heterocycles. The first-order valence-electron chi connectivity index (χ1n) is 7.96. The molecule has 6 nitrogen and oxygen atoms in total. The smallest absolute Gasteiger partial charge is 0.339 e. The summed E-state index contributed by atoms with van der Waals surface area (Å²) in [5.41, 5.74) is 2.09. The quantitative estimate of drug-likeness (QED) is 0.456. The van der Waals surface area contributed by atoms with E-state index in [1.165, 1.54) is 13.3 Å². The maximum atomic E-state index is 11.8. The van der Waals surface area contributed by atoms with Crippen LogP contribution in [0.25, 0.3) is 11.3 Å². The summed E-state index contributed by atoms with van der Waals surface area (Å²) in [5.74, 6) is 1.36. The molecular formula is C20H15ClN2O4. The summed E-state index contributed by atoms with van der Waals surface area (Å²) in [7, 11) is 1.29. The van der Waals surface area contributed by atoms with Gasteiger partial charge in [-0.2, -0.15) is 5.26 Å². The zero-order valence-corrected chi connectivity index (χ0v) is 15.6. The number of esters is 1. The molecular weight excluding hydrogens is 368 g/mol. The number of hydrogen-bond acceptors (Lipinski definition) is 6. The predicted molar refractivity (Wildman–Crippen MR) is 101 cm³/mol. The van der Waals surface area contributed by atoms with E-state index >= 15 is 0 Å². The third-order valence-electron chi connectivity index (χ3n) is 4.07. The summed E-state index contributed by atoms with van der Waals surface area (Å²) >= 11 is 6.03. The number of nitriles is 1. The van der Waals surface area contributed by atoms with Crippen LogP contribution in [0.4, 0.5) is 5.88 Å². The van der Waals surface area contributed by atoms with Gasteiger partial charge in [-0.1, -0.05) is 11.6 Å². The summed E-state index contributed by atoms with van der Waals surface area (Å²) in [4.78, 5) is 16.0. The second kappa shape index (κ2) is 7.52. The van der Waals surface area contributed by atoms with E-state index in [1.54, 1.807) is 44.2 Å². The van der Waals surface area contributed by atoms with Gasteiger partial charge in [0.25, 0.3) is 0 Å². The molecule has 0 unspecified atom stereocenters. The molecule has 0 saturated heterocycles. The van der Waals surface area contributed by atoms with Crippen molar-refractivity contribution in [2.75, 3.05) is 7.11 Å². The molecule has 0 amide bonds. The fourth-order valence-corrected chi connectivity index (χ4v) is 2.67. The number of furan rings is 2. The van der Waals surface area contributed by atoms with Crippen molar-refractivity contribution in [3.05, 3.63) is 63.6 Å². The third-order valence-corrected chi connectivity index (χ3v) is 4.40. The Kier molecular flexibility index (Phi) is 5.15. The summed E-state index contributed by atoms with van der Waals surface area (Å²) < 4.78 is 16.0. The first-order chi connectivity index (χ1) is 12.9. The molecule has 0 aliphatic carbocycles. The van der Waals surface area contributed by atoms with E-state index in [9.17, 15) is 10.1 Å². The van der Waals surface area contributed by atoms with Gasteiger partial charge in [-0.25, -0.2) is 9.79 Å². The number of ether oxygens (including phenoxy) is 1. The van der Waals surface area contributed by atoms with Crippen molar-refractivity contribution in [1.82, 2.24) is 0 Å². The van der Waals surface area contributed by atoms with E-state index in [1.807, 2.05) is 0 Å². The number of benzene rings is 1. The van der Waals surface area contributed by atoms with Crippen LogP contribution >= 0.6 is 11.6 Å². The molecule has 0 saturated carbocycles. The van der Waals surface area contributed by atoms with Crippen LogP contribution in [-0.4, -0.2) is 19.3 Å². The Labute approximate surface area is 160 Å². The first-order valence-corrected chi connectivity index (χ1v) is 8.34. The van der Waals surface area contributed by atoms with Gasteiger partial charge < -0.3 is 13.6 Å². The zero-order chi connectivity index (χ0) is 19.6. The van der Waals surface area contributed by atoms with Crippen molar-refractivity contribution < 1.29 is 18.4 Å². The van der Waals surface area contributed by atoms with E-state index in [0.29, 0.717) is 33.4 Å². The van der Waals surface area contributed by atoms with Crippen LogP contribution in [0.15, 0.2) is 44.2 Å². The van der Waals surface area contributed by atoms with Crippen molar-refractivity contribution in [3.8, 4) is 17.4 Å². The van der Waals surface area contributed by atoms with Gasteiger partial charge in [0.1, 0.15) is 28.9 Å². The number of hydrogen-bond donors (Lipinski definition) is 0. The van der Waals surface area contributed by atoms with Gasteiger partial charge in [-0.05, 0) is 44.2 Å². The van der Waals surface area contributed by atoms with Gasteiger partial charge in [0.15, 0.2) is 0 Å². The van der Waals surface area contributed by atoms with Gasteiger partial charge in [0, 0.05) is 11.1 Å². The molecule has 7 heteroatoms. The fraction of sp³-hybridized carbons (Fsp3) is 0.150. The zero-order valence-electron chi connectivity index (χ0n) is 14.9. The fourth-order valence-electron chi connectivity index (χ4n) is 2.48. The Hall–Kier alpha value is -3.30. The Morgan fingerprint density at radius 2 is 2.04 bits per heavy atom. The largest absolute Gasteiger partial charge is 0.465 e. The molecule has 3 aromatic rings. The van der Waals surface area contributed by atoms with Crippen LogP contribution in [0, 0.1) is 25.2 Å². The molecule has 0 radical (unpaired) electrons. The molecule has 0 bridgehead atoms. The molecule has 27 heavy (non-hydrogen) atoms. The lowest BCUT2D eigenvalue weighted by molar-refractivity contribution is 0.0601. The van der Waals surface area contributed by atoms with Crippen molar-refractivity contribution in [2.45, 2.75) is 13.8 Å². The standard InChI is InChI=1S/C20H15ClN2O4/c1-11-12(2)26-19(16(11)9-22)23-10-14-5-7-18(27-14)13-4-6-17(21)15(8-13)20(24)25-3/h4-8,10H,1-3H3. The molecule has 1 aromatic carbocycles. The minimum Gasteiger partial charge on any atom is -0.465 e. The minimum atomic E-state index is -0.525. The SMILES string of the molecule is COC(=O)c1cc(-c2ccc(C=Nc3oc(C)c(C)c3C#N)o2)ccc1Cl. The first kappa shape index (κ1) is 18.5. The second-order valence-electron chi connectivity index (χ2n) is 5.72. The van der Waals surface area contributed by atoms with Crippen LogP contribution in [0.1, 0.15) is 33.0 Å². The highest BCUT2D eigenvalue weighted by atomic mass is 35.5. The number of nitrogens with zero attached hydrogens (tertiary/aromatic N) is 2. The molecule has 3 rings (SSSR count). The highest BCUT2D eigenvalue weighted by Gasteiger charge is 2.15. The van der Waals surface area contributed by atoms with E-state index < -0.39 is 5.97 Å². The number of rotatable bonds is 4. The van der Waals surface area contributed by atoms with Crippen molar-refractivity contribution in [2.24, 2.45) is 4.99 Å². The van der Waals surface area contributed by atoms with E-state index in [-0.39, 0.29) is 11.4 Å². The highest BCUT2D eigenvalue weighted by molar-refractivity contribution is 6.33. The van der Waals surface area contributed by atoms with Gasteiger partial charge >= 0.3 is 5.97 Å². The van der Waals surface area contributed by atoms with Crippen LogP contribution in [-0.2, 0) is 4.74 Å². The van der Waals surface area contributed by atoms with Crippen molar-refractivity contribution in [1.29, 1.82) is 5.26 Å². The topological polar surface area (TPSA) is 88.7 Å². The number of carbonyl (C=O) groups is 1. The monoisotopic (exact) mass is 382 g/mol. The number of methoxy groups -OCH3 is 1. The molecule has 0 fully saturated rings. The minimum absolute atomic E-state index is 0.241. The molecule has 0 spiro atoms. The lowest BCUT2D eigenvalue weighted by atomic mass is 10.1. The van der Waals surface area contributed by atoms with E-state index in [4.69, 9.17) is 25.2 Å². The maximum absolute atomic E-state index is 11.8. The van der Waals surface area contributed by atoms with Crippen LogP contribution in [0.3, 0.4) is 0 Å². The number of halogens is 1. The lowest BCUT2D eigenvalue weighted by Gasteiger charge is -2.04. The summed E-state index contributed by atoms with van der Waals surface area (Å²) in [5, 5.41) is 9.52. The Morgan fingerprint density at radius 3 is 2.74 bits per heavy atom. The Bertz CT molecular complexity index is 1090. The van der Waals surface area contributed by atoms with Crippen LogP contribution in [0.5, 0.6) is 0 Å². The summed E-state index contributed by atoms with van der Waals surface area (Å²) in [6, 6.07) is 10.5. The van der Waals surface area contributed by atoms with Gasteiger partial charge in [-0.3, -0.25) is 0 Å². The average molecular weight is 383 g/mol. The average Bonchev–Trinajstić information content (AvgIpc) is 3.24. The van der Waals surface area contributed by atoms with E-state index in [2.05, 4.69) is 11.1 Å². The molecule has 0 aliphatic rings. The van der Waals surface area contributed by atoms with Crippen LogP contribution in [0.2, 0.25) is 5.02 Å². The second-order valence-corrected chi connectivity index (χ2v) is 6.13. The summed E-state index contributed by atoms with van der Waals surface area (Å²) in [6.07, 6.45) is 1.47. The van der Waals surface area contributed by atoms with Crippen molar-refractivity contribution in [3.63, 3.8) is 0 Å². The molecule has 2 aromatic heterocycles. The Morgan fingerprint density at radius 1 is 1.26 bits per heavy atom. The maximum Gasteiger partial charge on any atom is 0.339 e. The summed E-state index contributed by atoms with van der Waals surface area (Å²) in [6.45, 7) is 3.58. The van der Waals surface area contributed by atoms with Gasteiger partial charge in [0.2, 0.25) is 5.88 Å². The highest BCUT2D eigenvalue weighted by Crippen LogP contribution is 2.29. The Balaban J connectivity index is 1.89. The molecule has 0 N–H and O–H groups in total. The molecule has 136 valence electrons. The number of carbonyl (C=O) groups excluding carboxylic acids is 1. The third kappa shape index (κ3) is 3.64. The molecule has 0 atom stereocenters. The van der Waals surface area contributed by atoms with Crippen LogP contribution < -0.4 is 0 Å². The molecule has 0 aliphatic heterocycles. The van der Waals surface area contributed by atoms with Gasteiger partial charge in [-0.15, -0.1) is 0 Å². The normalized spacial score (nSPS) is 10.9. The lowest BCUT2D eigenvalue weighted by Crippen LogP contribution is -2.02. The van der Waals surface area contributed by atoms with E-state index in [0.717, 1.165) is 5.56 Å². The van der Waals surface area contributed by atoms with Gasteiger partial charge in [0.05, 0.1) is 23.9 Å². The number of aliphatic imine (C=N–C) groups is 1. The predicted octanol–water partition coefficient (Wildman–Crippen LogP) is 5.22. The van der Waals surface area contributed by atoms with Crippen molar-refractivity contribution >= 4 is 29.7 Å².